The van der Waals surface area contributed by atoms with Crippen LogP contribution >= 0.6 is 0 Å². The van der Waals surface area contributed by atoms with Gasteiger partial charge in [0.15, 0.2) is 0 Å². The van der Waals surface area contributed by atoms with Crippen molar-refractivity contribution in [2.45, 2.75) is 39.5 Å². The molecule has 1 N–H and O–H groups in total. The van der Waals surface area contributed by atoms with Crippen LogP contribution in [0, 0.1) is 20.8 Å². The van der Waals surface area contributed by atoms with E-state index >= 15 is 0 Å². The fourth-order valence-electron chi connectivity index (χ4n) is 4.25. The quantitative estimate of drug-likeness (QED) is 0.611. The second-order valence-electron chi connectivity index (χ2n) is 8.43. The highest BCUT2D eigenvalue weighted by molar-refractivity contribution is 5.92. The van der Waals surface area contributed by atoms with E-state index in [9.17, 15) is 4.79 Å². The normalized spacial score (nSPS) is 16.5. The number of amides is 1. The number of anilines is 2. The molecule has 166 valence electrons. The molecule has 0 aromatic carbocycles. The van der Waals surface area contributed by atoms with Crippen molar-refractivity contribution in [3.63, 3.8) is 0 Å². The molecule has 1 atom stereocenters. The summed E-state index contributed by atoms with van der Waals surface area (Å²) in [6.07, 6.45) is 7.44. The third-order valence-electron chi connectivity index (χ3n) is 6.09. The highest BCUT2D eigenvalue weighted by Crippen LogP contribution is 2.28. The van der Waals surface area contributed by atoms with Crippen molar-refractivity contribution in [3.05, 3.63) is 70.8 Å². The lowest BCUT2D eigenvalue weighted by molar-refractivity contribution is -0.127. The third kappa shape index (κ3) is 4.88. The molecule has 7 nitrogen and oxygen atoms in total. The minimum absolute atomic E-state index is 0.0497. The lowest BCUT2D eigenvalue weighted by Crippen LogP contribution is -2.38. The Bertz CT molecular complexity index is 1150. The molecule has 3 aromatic heterocycles. The molecule has 0 bridgehead atoms. The fourth-order valence-corrected chi connectivity index (χ4v) is 4.25. The summed E-state index contributed by atoms with van der Waals surface area (Å²) in [5.41, 5.74) is 5.16. The van der Waals surface area contributed by atoms with E-state index < -0.39 is 0 Å². The van der Waals surface area contributed by atoms with Crippen LogP contribution in [0.1, 0.15) is 47.0 Å². The van der Waals surface area contributed by atoms with Gasteiger partial charge in [0.2, 0.25) is 5.91 Å². The average molecular weight is 431 g/mol. The number of aromatic nitrogens is 4. The summed E-state index contributed by atoms with van der Waals surface area (Å²) < 4.78 is 1.84. The number of nitrogens with one attached hydrogen (secondary N) is 1. The standard InChI is InChI=1S/C25H30N6O/c1-17-7-5-9-23(27-17)28-24-15-20(12-13-26-24)21-8-6-14-31(16-21)25(32)11-10-22-18(2)29-30(4)19(22)3/h5,7,9-13,15,21H,6,8,14,16H2,1-4H3,(H,26,27,28)/b11-10+/t21-/m0/s1. The molecule has 0 unspecified atom stereocenters. The van der Waals surface area contributed by atoms with Crippen molar-refractivity contribution in [3.8, 4) is 0 Å². The number of carbonyl (C=O) groups is 1. The summed E-state index contributed by atoms with van der Waals surface area (Å²) in [5, 5.41) is 7.71. The van der Waals surface area contributed by atoms with Gasteiger partial charge in [-0.05, 0) is 69.5 Å². The zero-order valence-corrected chi connectivity index (χ0v) is 19.2. The van der Waals surface area contributed by atoms with Gasteiger partial charge in [-0.15, -0.1) is 0 Å². The van der Waals surface area contributed by atoms with Crippen LogP contribution in [0.25, 0.3) is 6.08 Å². The lowest BCUT2D eigenvalue weighted by atomic mass is 9.91. The molecule has 0 radical (unpaired) electrons. The van der Waals surface area contributed by atoms with E-state index in [1.807, 2.05) is 73.9 Å². The average Bonchev–Trinajstić information content (AvgIpc) is 3.03. The number of pyridine rings is 2. The summed E-state index contributed by atoms with van der Waals surface area (Å²) in [7, 11) is 1.92. The number of carbonyl (C=O) groups excluding carboxylic acids is 1. The Morgan fingerprint density at radius 3 is 2.78 bits per heavy atom. The van der Waals surface area contributed by atoms with Crippen molar-refractivity contribution < 1.29 is 4.79 Å². The van der Waals surface area contributed by atoms with Crippen LogP contribution in [0.4, 0.5) is 11.6 Å². The fraction of sp³-hybridized carbons (Fsp3) is 0.360. The Balaban J connectivity index is 1.44. The Morgan fingerprint density at radius 2 is 2.03 bits per heavy atom. The van der Waals surface area contributed by atoms with Crippen LogP contribution in [0.5, 0.6) is 0 Å². The number of hydrogen-bond donors (Lipinski definition) is 1. The first-order valence-electron chi connectivity index (χ1n) is 11.0. The van der Waals surface area contributed by atoms with Gasteiger partial charge in [0.05, 0.1) is 5.69 Å². The number of aryl methyl sites for hydroxylation is 3. The SMILES string of the molecule is Cc1cccc(Nc2cc([C@H]3CCCN(C(=O)/C=C/c4c(C)nn(C)c4C)C3)ccn2)n1. The van der Waals surface area contributed by atoms with Crippen molar-refractivity contribution in [1.82, 2.24) is 24.6 Å². The second-order valence-corrected chi connectivity index (χ2v) is 8.43. The number of hydrogen-bond acceptors (Lipinski definition) is 5. The van der Waals surface area contributed by atoms with E-state index in [1.165, 1.54) is 5.56 Å². The zero-order chi connectivity index (χ0) is 22.7. The van der Waals surface area contributed by atoms with Gasteiger partial charge in [-0.2, -0.15) is 5.10 Å². The predicted octanol–water partition coefficient (Wildman–Crippen LogP) is 4.30. The molecule has 7 heteroatoms. The van der Waals surface area contributed by atoms with Crippen LogP contribution < -0.4 is 5.32 Å². The van der Waals surface area contributed by atoms with Crippen molar-refractivity contribution in [2.24, 2.45) is 7.05 Å². The molecule has 0 aliphatic carbocycles. The molecular formula is C25H30N6O. The number of rotatable bonds is 5. The van der Waals surface area contributed by atoms with Crippen molar-refractivity contribution in [2.75, 3.05) is 18.4 Å². The summed E-state index contributed by atoms with van der Waals surface area (Å²) in [4.78, 5) is 23.8. The van der Waals surface area contributed by atoms with Crippen molar-refractivity contribution in [1.29, 1.82) is 0 Å². The molecule has 1 aliphatic rings. The maximum absolute atomic E-state index is 12.9. The molecular weight excluding hydrogens is 400 g/mol. The van der Waals surface area contributed by atoms with Gasteiger partial charge in [-0.1, -0.05) is 6.07 Å². The summed E-state index contributed by atoms with van der Waals surface area (Å²) in [6, 6.07) is 9.99. The first-order chi connectivity index (χ1) is 15.4. The Hall–Kier alpha value is -3.48. The molecule has 1 saturated heterocycles. The topological polar surface area (TPSA) is 75.9 Å². The van der Waals surface area contributed by atoms with Gasteiger partial charge in [0, 0.05) is 55.3 Å². The van der Waals surface area contributed by atoms with E-state index in [1.54, 1.807) is 6.08 Å². The van der Waals surface area contributed by atoms with Gasteiger partial charge in [-0.3, -0.25) is 9.48 Å². The molecule has 1 amide bonds. The summed E-state index contributed by atoms with van der Waals surface area (Å²) >= 11 is 0. The Morgan fingerprint density at radius 1 is 1.19 bits per heavy atom. The van der Waals surface area contributed by atoms with E-state index in [2.05, 4.69) is 26.4 Å². The van der Waals surface area contributed by atoms with Gasteiger partial charge >= 0.3 is 0 Å². The van der Waals surface area contributed by atoms with Gasteiger partial charge in [0.1, 0.15) is 11.6 Å². The second kappa shape index (κ2) is 9.34. The smallest absolute Gasteiger partial charge is 0.246 e. The first kappa shape index (κ1) is 21.7. The Kier molecular flexibility index (Phi) is 6.35. The molecule has 1 fully saturated rings. The first-order valence-corrected chi connectivity index (χ1v) is 11.0. The Labute approximate surface area is 189 Å². The lowest BCUT2D eigenvalue weighted by Gasteiger charge is -2.32. The highest BCUT2D eigenvalue weighted by Gasteiger charge is 2.24. The molecule has 4 heterocycles. The highest BCUT2D eigenvalue weighted by atomic mass is 16.2. The van der Waals surface area contributed by atoms with Crippen LogP contribution in [0.2, 0.25) is 0 Å². The molecule has 3 aromatic rings. The molecule has 32 heavy (non-hydrogen) atoms. The van der Waals surface area contributed by atoms with Crippen LogP contribution in [0.3, 0.4) is 0 Å². The summed E-state index contributed by atoms with van der Waals surface area (Å²) in [6.45, 7) is 7.44. The minimum atomic E-state index is 0.0497. The predicted molar refractivity (Wildman–Crippen MR) is 127 cm³/mol. The van der Waals surface area contributed by atoms with Gasteiger partial charge < -0.3 is 10.2 Å². The van der Waals surface area contributed by atoms with Crippen LogP contribution in [-0.2, 0) is 11.8 Å². The maximum Gasteiger partial charge on any atom is 0.246 e. The minimum Gasteiger partial charge on any atom is -0.339 e. The van der Waals surface area contributed by atoms with E-state index in [4.69, 9.17) is 0 Å². The van der Waals surface area contributed by atoms with Crippen LogP contribution in [0.15, 0.2) is 42.6 Å². The number of likely N-dealkylation sites (tertiary alicyclic amines) is 1. The molecule has 1 aliphatic heterocycles. The van der Waals surface area contributed by atoms with Crippen LogP contribution in [-0.4, -0.2) is 43.6 Å². The number of nitrogens with zero attached hydrogens (tertiary/aromatic N) is 5. The largest absolute Gasteiger partial charge is 0.339 e. The molecule has 4 rings (SSSR count). The van der Waals surface area contributed by atoms with Gasteiger partial charge in [-0.25, -0.2) is 9.97 Å². The molecule has 0 saturated carbocycles. The maximum atomic E-state index is 12.9. The molecule has 0 spiro atoms. The van der Waals surface area contributed by atoms with Gasteiger partial charge in [0.25, 0.3) is 0 Å². The van der Waals surface area contributed by atoms with E-state index in [0.717, 1.165) is 53.7 Å². The summed E-state index contributed by atoms with van der Waals surface area (Å²) in [5.74, 6) is 1.89. The van der Waals surface area contributed by atoms with E-state index in [-0.39, 0.29) is 11.8 Å². The monoisotopic (exact) mass is 430 g/mol. The van der Waals surface area contributed by atoms with Crippen molar-refractivity contribution >= 4 is 23.6 Å². The third-order valence-corrected chi connectivity index (χ3v) is 6.09. The zero-order valence-electron chi connectivity index (χ0n) is 19.2. The number of piperidine rings is 1. The van der Waals surface area contributed by atoms with E-state index in [0.29, 0.717) is 6.54 Å².